The molecule has 2 rings (SSSR count). The van der Waals surface area contributed by atoms with Gasteiger partial charge in [-0.15, -0.1) is 0 Å². The van der Waals surface area contributed by atoms with E-state index in [9.17, 15) is 9.59 Å². The number of anilines is 1. The number of nitrogens with one attached hydrogen (secondary N) is 2. The molecule has 1 fully saturated rings. The Hall–Kier alpha value is -2.15. The van der Waals surface area contributed by atoms with Crippen LogP contribution in [0.1, 0.15) is 30.1 Å². The van der Waals surface area contributed by atoms with Crippen molar-refractivity contribution in [2.24, 2.45) is 0 Å². The van der Waals surface area contributed by atoms with Crippen molar-refractivity contribution in [2.75, 3.05) is 25.0 Å². The number of carbonyl (C=O) groups excluding carboxylic acids is 1. The number of hydrogen-bond donors (Lipinski definition) is 3. The van der Waals surface area contributed by atoms with Gasteiger partial charge in [0.05, 0.1) is 17.4 Å². The van der Waals surface area contributed by atoms with Crippen molar-refractivity contribution in [1.29, 1.82) is 0 Å². The van der Waals surface area contributed by atoms with Crippen LogP contribution >= 0.6 is 0 Å². The molecule has 7 heteroatoms. The molecule has 0 bridgehead atoms. The van der Waals surface area contributed by atoms with Crippen molar-refractivity contribution in [3.05, 3.63) is 24.0 Å². The number of rotatable bonds is 7. The largest absolute Gasteiger partial charge is 0.478 e. The molecule has 1 aliphatic carbocycles. The number of amides is 2. The van der Waals surface area contributed by atoms with E-state index in [1.807, 2.05) is 0 Å². The summed E-state index contributed by atoms with van der Waals surface area (Å²) in [6, 6.07) is 1.69. The summed E-state index contributed by atoms with van der Waals surface area (Å²) < 4.78 is 0. The third-order valence-electron chi connectivity index (χ3n) is 3.40. The number of aromatic nitrogens is 1. The molecule has 114 valence electrons. The van der Waals surface area contributed by atoms with Crippen LogP contribution < -0.4 is 10.6 Å². The number of likely N-dealkylation sites (N-methyl/N-ethyl adjacent to an activating group) is 1. The fraction of sp³-hybridized carbons (Fsp3) is 0.500. The molecular weight excluding hydrogens is 272 g/mol. The molecule has 1 aromatic rings. The van der Waals surface area contributed by atoms with Crippen LogP contribution in [0.2, 0.25) is 0 Å². The second-order valence-electron chi connectivity index (χ2n) is 5.01. The van der Waals surface area contributed by atoms with Crippen molar-refractivity contribution in [3.8, 4) is 0 Å². The lowest BCUT2D eigenvalue weighted by Crippen LogP contribution is -2.37. The molecule has 1 saturated carbocycles. The van der Waals surface area contributed by atoms with Gasteiger partial charge in [0.25, 0.3) is 0 Å². The first-order valence-corrected chi connectivity index (χ1v) is 7.07. The number of carbonyl (C=O) groups is 2. The number of carboxylic acid groups (broad SMARTS) is 1. The van der Waals surface area contributed by atoms with E-state index in [-0.39, 0.29) is 11.6 Å². The first kappa shape index (κ1) is 15.2. The first-order valence-electron chi connectivity index (χ1n) is 7.07. The monoisotopic (exact) mass is 292 g/mol. The van der Waals surface area contributed by atoms with Gasteiger partial charge >= 0.3 is 12.0 Å². The smallest absolute Gasteiger partial charge is 0.337 e. The Balaban J connectivity index is 1.76. The standard InChI is InChI=1S/C14H20N4O3/c1-2-18(12-3-4-12)6-5-16-14(21)17-11-7-10(13(19)20)8-15-9-11/h7-9,12H,2-6H2,1H3,(H,19,20)(H2,16,17,21). The Morgan fingerprint density at radius 3 is 2.81 bits per heavy atom. The minimum Gasteiger partial charge on any atom is -0.478 e. The van der Waals surface area contributed by atoms with Gasteiger partial charge in [0, 0.05) is 25.3 Å². The third-order valence-corrected chi connectivity index (χ3v) is 3.40. The van der Waals surface area contributed by atoms with Crippen LogP contribution in [0, 0.1) is 0 Å². The highest BCUT2D eigenvalue weighted by molar-refractivity contribution is 5.92. The van der Waals surface area contributed by atoms with Crippen molar-refractivity contribution in [1.82, 2.24) is 15.2 Å². The van der Waals surface area contributed by atoms with E-state index in [2.05, 4.69) is 27.4 Å². The van der Waals surface area contributed by atoms with E-state index in [4.69, 9.17) is 5.11 Å². The van der Waals surface area contributed by atoms with Gasteiger partial charge < -0.3 is 15.7 Å². The highest BCUT2D eigenvalue weighted by Crippen LogP contribution is 2.25. The third kappa shape index (κ3) is 4.71. The lowest BCUT2D eigenvalue weighted by Gasteiger charge is -2.19. The Labute approximate surface area is 123 Å². The number of hydrogen-bond acceptors (Lipinski definition) is 4. The van der Waals surface area contributed by atoms with Crippen molar-refractivity contribution >= 4 is 17.7 Å². The average molecular weight is 292 g/mol. The Morgan fingerprint density at radius 2 is 2.19 bits per heavy atom. The number of carboxylic acids is 1. The van der Waals surface area contributed by atoms with E-state index in [0.717, 1.165) is 13.1 Å². The number of aromatic carboxylic acids is 1. The van der Waals surface area contributed by atoms with E-state index >= 15 is 0 Å². The molecule has 0 aromatic carbocycles. The van der Waals surface area contributed by atoms with Crippen LogP contribution in [0.3, 0.4) is 0 Å². The molecule has 1 aromatic heterocycles. The van der Waals surface area contributed by atoms with Gasteiger partial charge in [0.1, 0.15) is 0 Å². The van der Waals surface area contributed by atoms with Crippen molar-refractivity contribution in [2.45, 2.75) is 25.8 Å². The number of nitrogens with zero attached hydrogens (tertiary/aromatic N) is 2. The lowest BCUT2D eigenvalue weighted by atomic mass is 10.3. The zero-order valence-corrected chi connectivity index (χ0v) is 12.0. The van der Waals surface area contributed by atoms with Crippen LogP contribution in [-0.4, -0.2) is 52.7 Å². The van der Waals surface area contributed by atoms with Crippen LogP contribution in [0.5, 0.6) is 0 Å². The molecule has 0 aliphatic heterocycles. The Kier molecular flexibility index (Phi) is 5.10. The predicted octanol–water partition coefficient (Wildman–Crippen LogP) is 1.39. The first-order chi connectivity index (χ1) is 10.1. The molecule has 3 N–H and O–H groups in total. The van der Waals surface area contributed by atoms with Crippen LogP contribution in [-0.2, 0) is 0 Å². The van der Waals surface area contributed by atoms with Gasteiger partial charge in [-0.25, -0.2) is 9.59 Å². The topological polar surface area (TPSA) is 94.6 Å². The van der Waals surface area contributed by atoms with E-state index in [0.29, 0.717) is 18.3 Å². The molecule has 1 aliphatic rings. The van der Waals surface area contributed by atoms with Gasteiger partial charge in [0.15, 0.2) is 0 Å². The lowest BCUT2D eigenvalue weighted by molar-refractivity contribution is 0.0696. The highest BCUT2D eigenvalue weighted by atomic mass is 16.4. The summed E-state index contributed by atoms with van der Waals surface area (Å²) in [6.07, 6.45) is 5.14. The van der Waals surface area contributed by atoms with E-state index in [1.165, 1.54) is 31.3 Å². The van der Waals surface area contributed by atoms with E-state index < -0.39 is 5.97 Å². The zero-order valence-electron chi connectivity index (χ0n) is 12.0. The molecular formula is C14H20N4O3. The van der Waals surface area contributed by atoms with Gasteiger partial charge in [-0.2, -0.15) is 0 Å². The zero-order chi connectivity index (χ0) is 15.2. The van der Waals surface area contributed by atoms with Gasteiger partial charge in [0.2, 0.25) is 0 Å². The minimum atomic E-state index is -1.07. The molecule has 0 unspecified atom stereocenters. The van der Waals surface area contributed by atoms with Crippen LogP contribution in [0.4, 0.5) is 10.5 Å². The van der Waals surface area contributed by atoms with Crippen LogP contribution in [0.15, 0.2) is 18.5 Å². The summed E-state index contributed by atoms with van der Waals surface area (Å²) in [6.45, 7) is 4.48. The maximum Gasteiger partial charge on any atom is 0.337 e. The molecule has 0 spiro atoms. The SMILES string of the molecule is CCN(CCNC(=O)Nc1cncc(C(=O)O)c1)C1CC1. The molecule has 2 amide bonds. The minimum absolute atomic E-state index is 0.0405. The summed E-state index contributed by atoms with van der Waals surface area (Å²) in [5.74, 6) is -1.07. The summed E-state index contributed by atoms with van der Waals surface area (Å²) in [4.78, 5) is 28.7. The average Bonchev–Trinajstić information content (AvgIpc) is 3.28. The maximum atomic E-state index is 11.7. The molecule has 0 saturated heterocycles. The number of pyridine rings is 1. The highest BCUT2D eigenvalue weighted by Gasteiger charge is 2.27. The molecule has 0 atom stereocenters. The second kappa shape index (κ2) is 7.03. The second-order valence-corrected chi connectivity index (χ2v) is 5.01. The van der Waals surface area contributed by atoms with Gasteiger partial charge in [-0.3, -0.25) is 9.88 Å². The molecule has 0 radical (unpaired) electrons. The van der Waals surface area contributed by atoms with Crippen molar-refractivity contribution < 1.29 is 14.7 Å². The maximum absolute atomic E-state index is 11.7. The molecule has 1 heterocycles. The molecule has 21 heavy (non-hydrogen) atoms. The summed E-state index contributed by atoms with van der Waals surface area (Å²) in [7, 11) is 0. The Morgan fingerprint density at radius 1 is 1.43 bits per heavy atom. The quantitative estimate of drug-likeness (QED) is 0.706. The summed E-state index contributed by atoms with van der Waals surface area (Å²) in [5, 5.41) is 14.2. The fourth-order valence-electron chi connectivity index (χ4n) is 2.15. The molecule has 7 nitrogen and oxygen atoms in total. The van der Waals surface area contributed by atoms with E-state index in [1.54, 1.807) is 0 Å². The predicted molar refractivity (Wildman–Crippen MR) is 78.5 cm³/mol. The van der Waals surface area contributed by atoms with Crippen LogP contribution in [0.25, 0.3) is 0 Å². The van der Waals surface area contributed by atoms with Crippen molar-refractivity contribution in [3.63, 3.8) is 0 Å². The van der Waals surface area contributed by atoms with Gasteiger partial charge in [-0.1, -0.05) is 6.92 Å². The summed E-state index contributed by atoms with van der Waals surface area (Å²) >= 11 is 0. The van der Waals surface area contributed by atoms with Gasteiger partial charge in [-0.05, 0) is 25.5 Å². The Bertz CT molecular complexity index is 517. The summed E-state index contributed by atoms with van der Waals surface area (Å²) in [5.41, 5.74) is 0.403. The normalized spacial score (nSPS) is 14.0. The fourth-order valence-corrected chi connectivity index (χ4v) is 2.15. The number of urea groups is 1.